The van der Waals surface area contributed by atoms with Crippen molar-refractivity contribution >= 4 is 5.91 Å². The second-order valence-corrected chi connectivity index (χ2v) is 4.20. The van der Waals surface area contributed by atoms with E-state index in [0.29, 0.717) is 18.7 Å². The Morgan fingerprint density at radius 3 is 2.56 bits per heavy atom. The highest BCUT2D eigenvalue weighted by atomic mass is 19.3. The molecule has 1 saturated heterocycles. The van der Waals surface area contributed by atoms with Gasteiger partial charge in [-0.05, 0) is 30.7 Å². The number of hydrogen-bond acceptors (Lipinski definition) is 3. The van der Waals surface area contributed by atoms with Crippen LogP contribution in [0.5, 0.6) is 5.75 Å². The third-order valence-electron chi connectivity index (χ3n) is 2.84. The van der Waals surface area contributed by atoms with Gasteiger partial charge in [0.15, 0.2) is 0 Å². The largest absolute Gasteiger partial charge is 0.435 e. The molecule has 1 aromatic rings. The van der Waals surface area contributed by atoms with Crippen molar-refractivity contribution in [3.8, 4) is 5.75 Å². The van der Waals surface area contributed by atoms with E-state index in [1.54, 1.807) is 4.90 Å². The maximum absolute atomic E-state index is 12.0. The Hall–Kier alpha value is -1.69. The van der Waals surface area contributed by atoms with Gasteiger partial charge in [-0.1, -0.05) is 0 Å². The summed E-state index contributed by atoms with van der Waals surface area (Å²) in [6, 6.07) is 5.69. The summed E-state index contributed by atoms with van der Waals surface area (Å²) in [5.74, 6) is -0.0915. The quantitative estimate of drug-likeness (QED) is 0.890. The summed E-state index contributed by atoms with van der Waals surface area (Å²) < 4.78 is 28.1. The smallest absolute Gasteiger partial charge is 0.387 e. The topological polar surface area (TPSA) is 55.6 Å². The number of amides is 1. The highest BCUT2D eigenvalue weighted by molar-refractivity contribution is 5.94. The van der Waals surface area contributed by atoms with Crippen LogP contribution in [-0.4, -0.2) is 36.5 Å². The highest BCUT2D eigenvalue weighted by Gasteiger charge is 2.24. The van der Waals surface area contributed by atoms with Crippen LogP contribution in [-0.2, 0) is 0 Å². The molecule has 0 bridgehead atoms. The first-order valence-corrected chi connectivity index (χ1v) is 5.66. The Labute approximate surface area is 103 Å². The van der Waals surface area contributed by atoms with Gasteiger partial charge in [0, 0.05) is 24.7 Å². The lowest BCUT2D eigenvalue weighted by atomic mass is 10.2. The van der Waals surface area contributed by atoms with Gasteiger partial charge in [0.25, 0.3) is 5.91 Å². The highest BCUT2D eigenvalue weighted by Crippen LogP contribution is 2.17. The van der Waals surface area contributed by atoms with Crippen LogP contribution in [0.15, 0.2) is 24.3 Å². The third-order valence-corrected chi connectivity index (χ3v) is 2.84. The van der Waals surface area contributed by atoms with Crippen molar-refractivity contribution in [3.63, 3.8) is 0 Å². The van der Waals surface area contributed by atoms with Gasteiger partial charge in [0.1, 0.15) is 5.75 Å². The predicted octanol–water partition coefficient (Wildman–Crippen LogP) is 1.46. The van der Waals surface area contributed by atoms with Gasteiger partial charge in [-0.25, -0.2) is 0 Å². The van der Waals surface area contributed by atoms with Crippen molar-refractivity contribution in [2.45, 2.75) is 19.1 Å². The lowest BCUT2D eigenvalue weighted by molar-refractivity contribution is -0.0498. The van der Waals surface area contributed by atoms with E-state index in [-0.39, 0.29) is 17.7 Å². The van der Waals surface area contributed by atoms with E-state index in [2.05, 4.69) is 4.74 Å². The zero-order valence-electron chi connectivity index (χ0n) is 9.68. The molecule has 98 valence electrons. The molecule has 1 aromatic carbocycles. The normalized spacial score (nSPS) is 19.3. The van der Waals surface area contributed by atoms with Gasteiger partial charge in [-0.15, -0.1) is 0 Å². The number of likely N-dealkylation sites (tertiary alicyclic amines) is 1. The number of carbonyl (C=O) groups excluding carboxylic acids is 1. The fourth-order valence-electron chi connectivity index (χ4n) is 1.93. The van der Waals surface area contributed by atoms with E-state index < -0.39 is 6.61 Å². The number of benzene rings is 1. The van der Waals surface area contributed by atoms with Crippen molar-refractivity contribution in [1.29, 1.82) is 0 Å². The lowest BCUT2D eigenvalue weighted by Crippen LogP contribution is -2.31. The number of ether oxygens (including phenoxy) is 1. The van der Waals surface area contributed by atoms with E-state index in [4.69, 9.17) is 5.73 Å². The van der Waals surface area contributed by atoms with Crippen molar-refractivity contribution in [3.05, 3.63) is 29.8 Å². The number of halogens is 2. The summed E-state index contributed by atoms with van der Waals surface area (Å²) in [4.78, 5) is 13.7. The molecule has 1 fully saturated rings. The second-order valence-electron chi connectivity index (χ2n) is 4.20. The van der Waals surface area contributed by atoms with Crippen LogP contribution < -0.4 is 10.5 Å². The second kappa shape index (κ2) is 5.30. The van der Waals surface area contributed by atoms with E-state index in [1.807, 2.05) is 0 Å². The summed E-state index contributed by atoms with van der Waals surface area (Å²) in [5.41, 5.74) is 6.17. The minimum atomic E-state index is -2.86. The molecule has 1 aliphatic rings. The Balaban J connectivity index is 2.03. The molecule has 1 amide bonds. The summed E-state index contributed by atoms with van der Waals surface area (Å²) in [6.45, 7) is -1.69. The van der Waals surface area contributed by atoms with Gasteiger partial charge in [-0.3, -0.25) is 4.79 Å². The fraction of sp³-hybridized carbons (Fsp3) is 0.417. The maximum Gasteiger partial charge on any atom is 0.387 e. The fourth-order valence-corrected chi connectivity index (χ4v) is 1.93. The lowest BCUT2D eigenvalue weighted by Gasteiger charge is -2.15. The van der Waals surface area contributed by atoms with Crippen molar-refractivity contribution in [1.82, 2.24) is 4.90 Å². The molecular formula is C12H14F2N2O2. The predicted molar refractivity (Wildman–Crippen MR) is 61.6 cm³/mol. The van der Waals surface area contributed by atoms with Crippen LogP contribution in [0.25, 0.3) is 0 Å². The first-order chi connectivity index (χ1) is 8.56. The summed E-state index contributed by atoms with van der Waals surface area (Å²) in [7, 11) is 0. The molecule has 1 aliphatic heterocycles. The molecule has 18 heavy (non-hydrogen) atoms. The molecule has 0 unspecified atom stereocenters. The van der Waals surface area contributed by atoms with Gasteiger partial charge >= 0.3 is 6.61 Å². The summed E-state index contributed by atoms with van der Waals surface area (Å²) >= 11 is 0. The minimum absolute atomic E-state index is 0.0235. The molecule has 2 rings (SSSR count). The van der Waals surface area contributed by atoms with Crippen molar-refractivity contribution in [2.24, 2.45) is 5.73 Å². The van der Waals surface area contributed by atoms with E-state index in [9.17, 15) is 13.6 Å². The minimum Gasteiger partial charge on any atom is -0.435 e. The Bertz CT molecular complexity index is 423. The third kappa shape index (κ3) is 2.95. The molecule has 1 heterocycles. The molecule has 0 saturated carbocycles. The maximum atomic E-state index is 12.0. The SMILES string of the molecule is N[C@H]1CCN(C(=O)c2ccc(OC(F)F)cc2)C1. The number of hydrogen-bond donors (Lipinski definition) is 1. The van der Waals surface area contributed by atoms with Crippen LogP contribution in [0.2, 0.25) is 0 Å². The first-order valence-electron chi connectivity index (χ1n) is 5.66. The van der Waals surface area contributed by atoms with Gasteiger partial charge in [0.05, 0.1) is 0 Å². The zero-order valence-corrected chi connectivity index (χ0v) is 9.68. The number of alkyl halides is 2. The Morgan fingerprint density at radius 1 is 1.39 bits per heavy atom. The van der Waals surface area contributed by atoms with Crippen LogP contribution in [0, 0.1) is 0 Å². The van der Waals surface area contributed by atoms with Gasteiger partial charge < -0.3 is 15.4 Å². The van der Waals surface area contributed by atoms with E-state index in [0.717, 1.165) is 6.42 Å². The summed E-state index contributed by atoms with van der Waals surface area (Å²) in [6.07, 6.45) is 0.790. The van der Waals surface area contributed by atoms with Crippen molar-refractivity contribution < 1.29 is 18.3 Å². The average Bonchev–Trinajstić information content (AvgIpc) is 2.75. The van der Waals surface area contributed by atoms with Gasteiger partial charge in [0.2, 0.25) is 0 Å². The first kappa shape index (κ1) is 12.8. The molecule has 0 radical (unpaired) electrons. The molecule has 0 aliphatic carbocycles. The van der Waals surface area contributed by atoms with Crippen LogP contribution in [0.1, 0.15) is 16.8 Å². The molecule has 1 atom stereocenters. The molecule has 2 N–H and O–H groups in total. The number of nitrogens with two attached hydrogens (primary N) is 1. The Morgan fingerprint density at radius 2 is 2.06 bits per heavy atom. The zero-order chi connectivity index (χ0) is 13.1. The Kier molecular flexibility index (Phi) is 3.76. The molecule has 4 nitrogen and oxygen atoms in total. The summed E-state index contributed by atoms with van der Waals surface area (Å²) in [5, 5.41) is 0. The number of carbonyl (C=O) groups is 1. The molecular weight excluding hydrogens is 242 g/mol. The molecule has 0 aromatic heterocycles. The monoisotopic (exact) mass is 256 g/mol. The standard InChI is InChI=1S/C12H14F2N2O2/c13-12(14)18-10-3-1-8(2-4-10)11(17)16-6-5-9(15)7-16/h1-4,9,12H,5-7,15H2/t9-/m0/s1. The van der Waals surface area contributed by atoms with Crippen molar-refractivity contribution in [2.75, 3.05) is 13.1 Å². The average molecular weight is 256 g/mol. The van der Waals surface area contributed by atoms with Crippen LogP contribution in [0.4, 0.5) is 8.78 Å². The molecule has 0 spiro atoms. The van der Waals surface area contributed by atoms with E-state index in [1.165, 1.54) is 24.3 Å². The van der Waals surface area contributed by atoms with E-state index >= 15 is 0 Å². The van der Waals surface area contributed by atoms with Crippen LogP contribution >= 0.6 is 0 Å². The molecule has 6 heteroatoms. The van der Waals surface area contributed by atoms with Gasteiger partial charge in [-0.2, -0.15) is 8.78 Å². The number of rotatable bonds is 3. The number of nitrogens with zero attached hydrogens (tertiary/aromatic N) is 1. The van der Waals surface area contributed by atoms with Crippen LogP contribution in [0.3, 0.4) is 0 Å².